The van der Waals surface area contributed by atoms with Crippen molar-refractivity contribution < 1.29 is 0 Å². The van der Waals surface area contributed by atoms with Crippen LogP contribution < -0.4 is 31.5 Å². The van der Waals surface area contributed by atoms with Crippen LogP contribution in [0.4, 0.5) is 73.9 Å². The molecule has 0 heterocycles. The summed E-state index contributed by atoms with van der Waals surface area (Å²) in [6, 6.07) is 97.9. The smallest absolute Gasteiger partial charge is 0.0463 e. The first-order valence-corrected chi connectivity index (χ1v) is 24.6. The molecule has 6 heteroatoms. The SMILES string of the molecule is Cc1ccc(-c2ccc(Nc3ccc(N(c4ccc(Nc5ccc(-c6ccc(Nc7ccccc7)cc6)cc5)cc4)c4ccc(Nc5ccc(-c6ccc(Nc7ccccc7)cc6)cc5)cc4)cc3)cc2)cc1. The second-order valence-corrected chi connectivity index (χ2v) is 18.1. The van der Waals surface area contributed by atoms with E-state index in [0.29, 0.717) is 0 Å². The molecule has 352 valence electrons. The van der Waals surface area contributed by atoms with E-state index in [1.54, 1.807) is 0 Å². The summed E-state index contributed by atoms with van der Waals surface area (Å²) < 4.78 is 0. The predicted molar refractivity (Wildman–Crippen MR) is 311 cm³/mol. The zero-order valence-corrected chi connectivity index (χ0v) is 40.5. The number of rotatable bonds is 16. The van der Waals surface area contributed by atoms with Gasteiger partial charge in [-0.1, -0.05) is 127 Å². The molecule has 73 heavy (non-hydrogen) atoms. The van der Waals surface area contributed by atoms with Gasteiger partial charge in [-0.2, -0.15) is 0 Å². The first kappa shape index (κ1) is 45.7. The number of nitrogens with zero attached hydrogens (tertiary/aromatic N) is 1. The Morgan fingerprint density at radius 1 is 0.192 bits per heavy atom. The third-order valence-corrected chi connectivity index (χ3v) is 12.8. The highest BCUT2D eigenvalue weighted by molar-refractivity contribution is 5.81. The van der Waals surface area contributed by atoms with Crippen molar-refractivity contribution >= 4 is 73.9 Å². The van der Waals surface area contributed by atoms with Crippen molar-refractivity contribution in [3.05, 3.63) is 285 Å². The van der Waals surface area contributed by atoms with E-state index in [1.165, 1.54) is 27.8 Å². The summed E-state index contributed by atoms with van der Waals surface area (Å²) in [6.07, 6.45) is 0. The Balaban J connectivity index is 0.786. The molecule has 0 amide bonds. The molecule has 0 aliphatic heterocycles. The van der Waals surface area contributed by atoms with E-state index in [9.17, 15) is 0 Å². The topological polar surface area (TPSA) is 63.4 Å². The van der Waals surface area contributed by atoms with Gasteiger partial charge in [-0.25, -0.2) is 0 Å². The normalized spacial score (nSPS) is 10.8. The molecule has 6 nitrogen and oxygen atoms in total. The Kier molecular flexibility index (Phi) is 13.4. The number of nitrogens with one attached hydrogen (secondary N) is 5. The summed E-state index contributed by atoms with van der Waals surface area (Å²) in [6.45, 7) is 2.12. The minimum absolute atomic E-state index is 1.00. The zero-order chi connectivity index (χ0) is 49.2. The van der Waals surface area contributed by atoms with Gasteiger partial charge in [0.15, 0.2) is 0 Å². The van der Waals surface area contributed by atoms with Crippen LogP contribution in [0.3, 0.4) is 0 Å². The van der Waals surface area contributed by atoms with Crippen LogP contribution in [-0.2, 0) is 0 Å². The number of benzene rings is 11. The number of para-hydroxylation sites is 2. The average Bonchev–Trinajstić information content (AvgIpc) is 3.44. The van der Waals surface area contributed by atoms with Crippen molar-refractivity contribution in [2.75, 3.05) is 31.5 Å². The van der Waals surface area contributed by atoms with Crippen molar-refractivity contribution in [3.8, 4) is 33.4 Å². The zero-order valence-electron chi connectivity index (χ0n) is 40.5. The van der Waals surface area contributed by atoms with E-state index < -0.39 is 0 Å². The molecule has 0 fully saturated rings. The molecule has 0 radical (unpaired) electrons. The predicted octanol–water partition coefficient (Wildman–Crippen LogP) is 19.2. The average molecular weight is 943 g/mol. The van der Waals surface area contributed by atoms with Gasteiger partial charge in [0.05, 0.1) is 0 Å². The first-order valence-electron chi connectivity index (χ1n) is 24.6. The fourth-order valence-corrected chi connectivity index (χ4v) is 8.88. The molecule has 0 bridgehead atoms. The summed E-state index contributed by atoms with van der Waals surface area (Å²) in [5.41, 5.74) is 21.8. The largest absolute Gasteiger partial charge is 0.356 e. The molecule has 0 saturated heterocycles. The third-order valence-electron chi connectivity index (χ3n) is 12.8. The summed E-state index contributed by atoms with van der Waals surface area (Å²) in [7, 11) is 0. The van der Waals surface area contributed by atoms with Gasteiger partial charge >= 0.3 is 0 Å². The molecule has 0 aliphatic rings. The van der Waals surface area contributed by atoms with E-state index in [-0.39, 0.29) is 0 Å². The molecule has 0 aromatic heterocycles. The van der Waals surface area contributed by atoms with Crippen LogP contribution in [0.2, 0.25) is 0 Å². The number of anilines is 13. The molecule has 0 atom stereocenters. The number of hydrogen-bond donors (Lipinski definition) is 5. The lowest BCUT2D eigenvalue weighted by atomic mass is 10.0. The summed E-state index contributed by atoms with van der Waals surface area (Å²) >= 11 is 0. The van der Waals surface area contributed by atoms with Crippen molar-refractivity contribution in [2.45, 2.75) is 6.92 Å². The van der Waals surface area contributed by atoms with Crippen molar-refractivity contribution in [3.63, 3.8) is 0 Å². The van der Waals surface area contributed by atoms with Crippen LogP contribution in [0, 0.1) is 6.92 Å². The molecule has 11 rings (SSSR count). The molecule has 11 aromatic carbocycles. The van der Waals surface area contributed by atoms with Crippen LogP contribution in [0.15, 0.2) is 279 Å². The molecular weight excluding hydrogens is 889 g/mol. The quantitative estimate of drug-likeness (QED) is 0.0665. The van der Waals surface area contributed by atoms with E-state index >= 15 is 0 Å². The minimum Gasteiger partial charge on any atom is -0.356 e. The standard InChI is InChI=1S/C67H54N6/c1-48-12-14-49(15-13-48)50-16-30-59(31-17-50)70-62-36-42-65(43-37-62)73(66-44-38-63(39-45-66)71-60-32-22-53(23-33-60)51-18-26-57(27-19-51)68-55-8-4-2-5-9-55)67-46-40-64(41-47-67)72-61-34-24-54(25-35-61)52-20-28-58(29-21-52)69-56-10-6-3-7-11-56/h2-47,68-72H,1H3. The summed E-state index contributed by atoms with van der Waals surface area (Å²) in [5, 5.41) is 17.8. The third kappa shape index (κ3) is 11.5. The molecule has 0 saturated carbocycles. The van der Waals surface area contributed by atoms with Crippen molar-refractivity contribution in [1.82, 2.24) is 0 Å². The number of aryl methyl sites for hydroxylation is 1. The monoisotopic (exact) mass is 942 g/mol. The Morgan fingerprint density at radius 3 is 0.589 bits per heavy atom. The fourth-order valence-electron chi connectivity index (χ4n) is 8.88. The summed E-state index contributed by atoms with van der Waals surface area (Å²) in [5.74, 6) is 0. The van der Waals surface area contributed by atoms with E-state index in [1.807, 2.05) is 36.4 Å². The molecule has 0 aliphatic carbocycles. The minimum atomic E-state index is 1.00. The maximum Gasteiger partial charge on any atom is 0.0463 e. The molecular formula is C67H54N6. The fraction of sp³-hybridized carbons (Fsp3) is 0.0149. The maximum absolute atomic E-state index is 3.62. The molecule has 5 N–H and O–H groups in total. The van der Waals surface area contributed by atoms with Gasteiger partial charge in [0.1, 0.15) is 0 Å². The van der Waals surface area contributed by atoms with Crippen LogP contribution in [-0.4, -0.2) is 0 Å². The van der Waals surface area contributed by atoms with Gasteiger partial charge in [0.25, 0.3) is 0 Å². The maximum atomic E-state index is 3.62. The highest BCUT2D eigenvalue weighted by Crippen LogP contribution is 2.38. The van der Waals surface area contributed by atoms with Crippen LogP contribution in [0.1, 0.15) is 5.56 Å². The highest BCUT2D eigenvalue weighted by atomic mass is 15.1. The molecule has 11 aromatic rings. The van der Waals surface area contributed by atoms with Gasteiger partial charge in [0, 0.05) is 73.9 Å². The Labute approximate surface area is 428 Å². The molecule has 0 unspecified atom stereocenters. The van der Waals surface area contributed by atoms with Crippen LogP contribution >= 0.6 is 0 Å². The first-order chi connectivity index (χ1) is 36.0. The van der Waals surface area contributed by atoms with Gasteiger partial charge in [-0.15, -0.1) is 0 Å². The lowest BCUT2D eigenvalue weighted by Gasteiger charge is -2.26. The molecule has 0 spiro atoms. The van der Waals surface area contributed by atoms with Gasteiger partial charge < -0.3 is 31.5 Å². The van der Waals surface area contributed by atoms with Crippen molar-refractivity contribution in [1.29, 1.82) is 0 Å². The van der Waals surface area contributed by atoms with E-state index in [0.717, 1.165) is 85.1 Å². The second kappa shape index (κ2) is 21.5. The van der Waals surface area contributed by atoms with Gasteiger partial charge in [-0.05, 0) is 198 Å². The van der Waals surface area contributed by atoms with Crippen molar-refractivity contribution in [2.24, 2.45) is 0 Å². The van der Waals surface area contributed by atoms with E-state index in [2.05, 4.69) is 281 Å². The Hall–Kier alpha value is -9.78. The van der Waals surface area contributed by atoms with Crippen LogP contribution in [0.25, 0.3) is 33.4 Å². The van der Waals surface area contributed by atoms with Gasteiger partial charge in [-0.3, -0.25) is 0 Å². The summed E-state index contributed by atoms with van der Waals surface area (Å²) in [4.78, 5) is 2.29. The second-order valence-electron chi connectivity index (χ2n) is 18.1. The lowest BCUT2D eigenvalue weighted by molar-refractivity contribution is 1.28. The highest BCUT2D eigenvalue weighted by Gasteiger charge is 2.14. The lowest BCUT2D eigenvalue weighted by Crippen LogP contribution is -2.10. The van der Waals surface area contributed by atoms with E-state index in [4.69, 9.17) is 0 Å². The van der Waals surface area contributed by atoms with Crippen LogP contribution in [0.5, 0.6) is 0 Å². The van der Waals surface area contributed by atoms with Gasteiger partial charge in [0.2, 0.25) is 0 Å². The number of hydrogen-bond acceptors (Lipinski definition) is 6. The Bertz CT molecular complexity index is 3320. The Morgan fingerprint density at radius 2 is 0.370 bits per heavy atom.